The maximum absolute atomic E-state index is 13.9. The van der Waals surface area contributed by atoms with Crippen molar-refractivity contribution in [3.63, 3.8) is 0 Å². The average molecular weight is 396 g/mol. The van der Waals surface area contributed by atoms with E-state index in [0.717, 1.165) is 45.1 Å². The highest BCUT2D eigenvalue weighted by Crippen LogP contribution is 2.21. The molecule has 0 atom stereocenters. The van der Waals surface area contributed by atoms with Gasteiger partial charge in [0.15, 0.2) is 0 Å². The van der Waals surface area contributed by atoms with Gasteiger partial charge in [0.2, 0.25) is 11.7 Å². The Morgan fingerprint density at radius 1 is 1.10 bits per heavy atom. The molecule has 4 rings (SSSR count). The van der Waals surface area contributed by atoms with Crippen molar-refractivity contribution < 1.29 is 13.7 Å². The second kappa shape index (κ2) is 9.15. The summed E-state index contributed by atoms with van der Waals surface area (Å²) in [7, 11) is 0. The zero-order valence-electron chi connectivity index (χ0n) is 16.6. The molecule has 152 valence electrons. The lowest BCUT2D eigenvalue weighted by molar-refractivity contribution is 0.0391. The van der Waals surface area contributed by atoms with Gasteiger partial charge in [-0.2, -0.15) is 4.98 Å². The number of para-hydroxylation sites is 1. The van der Waals surface area contributed by atoms with Gasteiger partial charge in [-0.25, -0.2) is 4.39 Å². The van der Waals surface area contributed by atoms with Crippen LogP contribution in [0.2, 0.25) is 0 Å². The largest absolute Gasteiger partial charge is 0.379 e. The Bertz CT molecular complexity index is 926. The summed E-state index contributed by atoms with van der Waals surface area (Å²) >= 11 is 0. The predicted octanol–water partition coefficient (Wildman–Crippen LogP) is 3.52. The molecule has 0 bridgehead atoms. The molecule has 7 heteroatoms. The molecule has 3 aromatic rings. The minimum absolute atomic E-state index is 0.273. The van der Waals surface area contributed by atoms with E-state index in [-0.39, 0.29) is 5.82 Å². The number of halogens is 1. The van der Waals surface area contributed by atoms with Crippen LogP contribution in [-0.4, -0.2) is 54.4 Å². The van der Waals surface area contributed by atoms with Gasteiger partial charge in [0, 0.05) is 37.4 Å². The van der Waals surface area contributed by atoms with Crippen LogP contribution in [0.4, 0.5) is 10.1 Å². The van der Waals surface area contributed by atoms with Crippen molar-refractivity contribution in [2.45, 2.75) is 13.5 Å². The summed E-state index contributed by atoms with van der Waals surface area (Å²) in [6.45, 7) is 7.46. The zero-order chi connectivity index (χ0) is 20.1. The normalized spacial score (nSPS) is 14.8. The number of ether oxygens (including phenoxy) is 1. The third-order valence-corrected chi connectivity index (χ3v) is 5.14. The van der Waals surface area contributed by atoms with Crippen molar-refractivity contribution in [3.05, 3.63) is 65.8 Å². The summed E-state index contributed by atoms with van der Waals surface area (Å²) in [5, 5.41) is 4.05. The van der Waals surface area contributed by atoms with Crippen LogP contribution in [0.15, 0.2) is 53.1 Å². The molecule has 0 N–H and O–H groups in total. The van der Waals surface area contributed by atoms with Crippen molar-refractivity contribution in [2.75, 3.05) is 44.3 Å². The van der Waals surface area contributed by atoms with Gasteiger partial charge >= 0.3 is 0 Å². The van der Waals surface area contributed by atoms with E-state index in [2.05, 4.69) is 32.1 Å². The first-order valence-electron chi connectivity index (χ1n) is 9.88. The van der Waals surface area contributed by atoms with Gasteiger partial charge in [-0.1, -0.05) is 35.5 Å². The average Bonchev–Trinajstić information content (AvgIpc) is 3.23. The molecule has 1 aromatic heterocycles. The molecule has 1 aliphatic rings. The first-order chi connectivity index (χ1) is 14.2. The van der Waals surface area contributed by atoms with Gasteiger partial charge in [-0.05, 0) is 30.7 Å². The van der Waals surface area contributed by atoms with Crippen molar-refractivity contribution in [1.82, 2.24) is 15.0 Å². The van der Waals surface area contributed by atoms with Crippen LogP contribution in [0.5, 0.6) is 0 Å². The van der Waals surface area contributed by atoms with E-state index >= 15 is 0 Å². The first-order valence-corrected chi connectivity index (χ1v) is 9.88. The third-order valence-electron chi connectivity index (χ3n) is 5.14. The summed E-state index contributed by atoms with van der Waals surface area (Å²) in [5.74, 6) is 0.636. The maximum atomic E-state index is 13.9. The third kappa shape index (κ3) is 4.99. The van der Waals surface area contributed by atoms with E-state index in [4.69, 9.17) is 9.26 Å². The molecule has 0 amide bonds. The molecule has 0 saturated carbocycles. The monoisotopic (exact) mass is 396 g/mol. The quantitative estimate of drug-likeness (QED) is 0.609. The minimum atomic E-state index is -0.273. The number of benzene rings is 2. The predicted molar refractivity (Wildman–Crippen MR) is 109 cm³/mol. The van der Waals surface area contributed by atoms with Crippen molar-refractivity contribution in [2.24, 2.45) is 0 Å². The molecule has 29 heavy (non-hydrogen) atoms. The first kappa shape index (κ1) is 19.5. The standard InChI is InChI=1S/C22H25FN4O2/c1-17-7-8-18(15-20(17)23)22-24-21(29-25-22)16-27(19-5-3-2-4-6-19)10-9-26-11-13-28-14-12-26/h2-8,15H,9-14,16H2,1H3. The number of hydrogen-bond donors (Lipinski definition) is 0. The molecule has 0 unspecified atom stereocenters. The van der Waals surface area contributed by atoms with Crippen LogP contribution in [0.1, 0.15) is 11.5 Å². The van der Waals surface area contributed by atoms with E-state index in [1.807, 2.05) is 18.2 Å². The fourth-order valence-corrected chi connectivity index (χ4v) is 3.36. The lowest BCUT2D eigenvalue weighted by Gasteiger charge is -2.30. The number of anilines is 1. The SMILES string of the molecule is Cc1ccc(-c2noc(CN(CCN3CCOCC3)c3ccccc3)n2)cc1F. The molecule has 0 aliphatic carbocycles. The Morgan fingerprint density at radius 3 is 2.66 bits per heavy atom. The van der Waals surface area contributed by atoms with Crippen molar-refractivity contribution in [1.29, 1.82) is 0 Å². The molecule has 0 radical (unpaired) electrons. The van der Waals surface area contributed by atoms with Gasteiger partial charge in [0.05, 0.1) is 19.8 Å². The van der Waals surface area contributed by atoms with Gasteiger partial charge in [0.1, 0.15) is 5.82 Å². The van der Waals surface area contributed by atoms with E-state index in [1.165, 1.54) is 6.07 Å². The topological polar surface area (TPSA) is 54.6 Å². The second-order valence-electron chi connectivity index (χ2n) is 7.19. The van der Waals surface area contributed by atoms with E-state index in [1.54, 1.807) is 19.1 Å². The zero-order valence-corrected chi connectivity index (χ0v) is 16.6. The number of aryl methyl sites for hydroxylation is 1. The molecule has 6 nitrogen and oxygen atoms in total. The van der Waals surface area contributed by atoms with E-state index < -0.39 is 0 Å². The Morgan fingerprint density at radius 2 is 1.90 bits per heavy atom. The summed E-state index contributed by atoms with van der Waals surface area (Å²) < 4.78 is 24.8. The maximum Gasteiger partial charge on any atom is 0.246 e. The smallest absolute Gasteiger partial charge is 0.246 e. The van der Waals surface area contributed by atoms with Crippen LogP contribution < -0.4 is 4.90 Å². The summed E-state index contributed by atoms with van der Waals surface area (Å²) in [6.07, 6.45) is 0. The van der Waals surface area contributed by atoms with Gasteiger partial charge in [-0.3, -0.25) is 4.90 Å². The molecular weight excluding hydrogens is 371 g/mol. The van der Waals surface area contributed by atoms with Crippen LogP contribution >= 0.6 is 0 Å². The molecule has 2 heterocycles. The van der Waals surface area contributed by atoms with Crippen LogP contribution in [0.3, 0.4) is 0 Å². The van der Waals surface area contributed by atoms with Gasteiger partial charge in [0.25, 0.3) is 0 Å². The molecule has 0 spiro atoms. The van der Waals surface area contributed by atoms with Crippen LogP contribution in [0, 0.1) is 12.7 Å². The minimum Gasteiger partial charge on any atom is -0.379 e. The van der Waals surface area contributed by atoms with Crippen LogP contribution in [0.25, 0.3) is 11.4 Å². The molecular formula is C22H25FN4O2. The number of nitrogens with zero attached hydrogens (tertiary/aromatic N) is 4. The lowest BCUT2D eigenvalue weighted by atomic mass is 10.1. The fraction of sp³-hybridized carbons (Fsp3) is 0.364. The summed E-state index contributed by atoms with van der Waals surface area (Å²) in [5.41, 5.74) is 2.31. The van der Waals surface area contributed by atoms with Crippen molar-refractivity contribution in [3.8, 4) is 11.4 Å². The Kier molecular flexibility index (Phi) is 6.17. The number of aromatic nitrogens is 2. The highest BCUT2D eigenvalue weighted by Gasteiger charge is 2.17. The summed E-state index contributed by atoms with van der Waals surface area (Å²) in [4.78, 5) is 9.11. The molecule has 1 fully saturated rings. The fourth-order valence-electron chi connectivity index (χ4n) is 3.36. The molecule has 1 saturated heterocycles. The highest BCUT2D eigenvalue weighted by molar-refractivity contribution is 5.55. The van der Waals surface area contributed by atoms with Gasteiger partial charge < -0.3 is 14.2 Å². The van der Waals surface area contributed by atoms with E-state index in [0.29, 0.717) is 29.4 Å². The highest BCUT2D eigenvalue weighted by atomic mass is 19.1. The van der Waals surface area contributed by atoms with E-state index in [9.17, 15) is 4.39 Å². The van der Waals surface area contributed by atoms with Gasteiger partial charge in [-0.15, -0.1) is 0 Å². The molecule has 1 aliphatic heterocycles. The second-order valence-corrected chi connectivity index (χ2v) is 7.19. The summed E-state index contributed by atoms with van der Waals surface area (Å²) in [6, 6.07) is 15.2. The number of morpholine rings is 1. The Labute approximate surface area is 169 Å². The Balaban J connectivity index is 1.48. The Hall–Kier alpha value is -2.77. The number of hydrogen-bond acceptors (Lipinski definition) is 6. The van der Waals surface area contributed by atoms with Crippen LogP contribution in [-0.2, 0) is 11.3 Å². The molecule has 2 aromatic carbocycles. The number of rotatable bonds is 7. The lowest BCUT2D eigenvalue weighted by Crippen LogP contribution is -2.41. The van der Waals surface area contributed by atoms with Crippen molar-refractivity contribution >= 4 is 5.69 Å².